The molecule has 1 rings (SSSR count). The lowest BCUT2D eigenvalue weighted by Gasteiger charge is -2.09. The van der Waals surface area contributed by atoms with Crippen LogP contribution in [0.5, 0.6) is 0 Å². The minimum absolute atomic E-state index is 0.0146. The largest absolute Gasteiger partial charge is 0.325 e. The van der Waals surface area contributed by atoms with Crippen LogP contribution in [0.15, 0.2) is 29.2 Å². The van der Waals surface area contributed by atoms with E-state index in [9.17, 15) is 13.2 Å². The molecule has 0 aromatic heterocycles. The number of carbonyl (C=O) groups is 1. The molecule has 0 saturated heterocycles. The van der Waals surface area contributed by atoms with Gasteiger partial charge in [0.1, 0.15) is 0 Å². The van der Waals surface area contributed by atoms with Crippen molar-refractivity contribution < 1.29 is 13.2 Å². The van der Waals surface area contributed by atoms with Crippen molar-refractivity contribution in [1.82, 2.24) is 5.32 Å². The van der Waals surface area contributed by atoms with Gasteiger partial charge in [0, 0.05) is 11.7 Å². The van der Waals surface area contributed by atoms with E-state index < -0.39 is 10.0 Å². The highest BCUT2D eigenvalue weighted by Gasteiger charge is 2.08. The molecule has 1 amide bonds. The summed E-state index contributed by atoms with van der Waals surface area (Å²) in [6, 6.07) is 5.90. The van der Waals surface area contributed by atoms with Crippen molar-refractivity contribution in [2.24, 2.45) is 5.14 Å². The van der Waals surface area contributed by atoms with Crippen LogP contribution in [0.1, 0.15) is 13.8 Å². The third kappa shape index (κ3) is 4.82. The summed E-state index contributed by atoms with van der Waals surface area (Å²) in [5.74, 6) is -0.188. The molecule has 0 bridgehead atoms. The SMILES string of the molecule is CC(C)NCC(=O)Nc1ccc(S(N)(=O)=O)cc1. The summed E-state index contributed by atoms with van der Waals surface area (Å²) < 4.78 is 22.0. The summed E-state index contributed by atoms with van der Waals surface area (Å²) >= 11 is 0. The van der Waals surface area contributed by atoms with Crippen LogP contribution in [0, 0.1) is 0 Å². The number of rotatable bonds is 5. The van der Waals surface area contributed by atoms with E-state index in [0.29, 0.717) is 5.69 Å². The first kappa shape index (κ1) is 14.6. The van der Waals surface area contributed by atoms with E-state index in [2.05, 4.69) is 10.6 Å². The third-order valence-corrected chi connectivity index (χ3v) is 3.07. The van der Waals surface area contributed by atoms with Gasteiger partial charge in [0.2, 0.25) is 15.9 Å². The molecule has 7 heteroatoms. The molecule has 0 unspecified atom stereocenters. The van der Waals surface area contributed by atoms with Gasteiger partial charge in [0.05, 0.1) is 11.4 Å². The van der Waals surface area contributed by atoms with E-state index >= 15 is 0 Å². The quantitative estimate of drug-likeness (QED) is 0.715. The van der Waals surface area contributed by atoms with Gasteiger partial charge in [-0.3, -0.25) is 4.79 Å². The highest BCUT2D eigenvalue weighted by atomic mass is 32.2. The highest BCUT2D eigenvalue weighted by Crippen LogP contribution is 2.12. The second-order valence-electron chi connectivity index (χ2n) is 4.15. The molecule has 0 radical (unpaired) electrons. The van der Waals surface area contributed by atoms with Crippen LogP contribution in [0.25, 0.3) is 0 Å². The molecular formula is C11H17N3O3S. The number of sulfonamides is 1. The van der Waals surface area contributed by atoms with Gasteiger partial charge in [-0.1, -0.05) is 13.8 Å². The van der Waals surface area contributed by atoms with Crippen LogP contribution in [0.2, 0.25) is 0 Å². The molecule has 0 saturated carbocycles. The number of amides is 1. The summed E-state index contributed by atoms with van der Waals surface area (Å²) in [6.07, 6.45) is 0. The second kappa shape index (κ2) is 5.94. The van der Waals surface area contributed by atoms with Gasteiger partial charge in [-0.25, -0.2) is 13.6 Å². The Kier molecular flexibility index (Phi) is 4.83. The Morgan fingerprint density at radius 3 is 2.28 bits per heavy atom. The van der Waals surface area contributed by atoms with Gasteiger partial charge in [0.25, 0.3) is 0 Å². The molecule has 0 spiro atoms. The molecule has 18 heavy (non-hydrogen) atoms. The maximum Gasteiger partial charge on any atom is 0.238 e. The zero-order chi connectivity index (χ0) is 13.8. The van der Waals surface area contributed by atoms with Gasteiger partial charge < -0.3 is 10.6 Å². The smallest absolute Gasteiger partial charge is 0.238 e. The van der Waals surface area contributed by atoms with Crippen LogP contribution in [-0.2, 0) is 14.8 Å². The fourth-order valence-electron chi connectivity index (χ4n) is 1.23. The minimum Gasteiger partial charge on any atom is -0.325 e. The van der Waals surface area contributed by atoms with E-state index in [-0.39, 0.29) is 23.4 Å². The molecule has 6 nitrogen and oxygen atoms in total. The molecule has 1 aromatic carbocycles. The van der Waals surface area contributed by atoms with Crippen molar-refractivity contribution in [3.63, 3.8) is 0 Å². The van der Waals surface area contributed by atoms with Crippen molar-refractivity contribution in [3.8, 4) is 0 Å². The van der Waals surface area contributed by atoms with Crippen LogP contribution in [0.3, 0.4) is 0 Å². The van der Waals surface area contributed by atoms with Gasteiger partial charge in [0.15, 0.2) is 0 Å². The lowest BCUT2D eigenvalue weighted by molar-refractivity contribution is -0.115. The molecule has 0 fully saturated rings. The summed E-state index contributed by atoms with van der Waals surface area (Å²) in [4.78, 5) is 11.5. The van der Waals surface area contributed by atoms with E-state index in [1.54, 1.807) is 0 Å². The van der Waals surface area contributed by atoms with Crippen molar-refractivity contribution in [3.05, 3.63) is 24.3 Å². The Morgan fingerprint density at radius 1 is 1.28 bits per heavy atom. The van der Waals surface area contributed by atoms with Crippen molar-refractivity contribution in [1.29, 1.82) is 0 Å². The fourth-order valence-corrected chi connectivity index (χ4v) is 1.75. The predicted molar refractivity (Wildman–Crippen MR) is 69.6 cm³/mol. The minimum atomic E-state index is -3.69. The molecule has 0 atom stereocenters. The molecule has 1 aromatic rings. The maximum absolute atomic E-state index is 11.5. The Labute approximate surface area is 107 Å². The highest BCUT2D eigenvalue weighted by molar-refractivity contribution is 7.89. The van der Waals surface area contributed by atoms with Crippen molar-refractivity contribution >= 4 is 21.6 Å². The molecule has 100 valence electrons. The lowest BCUT2D eigenvalue weighted by atomic mass is 10.3. The van der Waals surface area contributed by atoms with Crippen molar-refractivity contribution in [2.75, 3.05) is 11.9 Å². The van der Waals surface area contributed by atoms with E-state index in [1.807, 2.05) is 13.8 Å². The predicted octanol–water partition coefficient (Wildman–Crippen LogP) is 0.271. The molecule has 0 aliphatic rings. The van der Waals surface area contributed by atoms with E-state index in [4.69, 9.17) is 5.14 Å². The second-order valence-corrected chi connectivity index (χ2v) is 5.71. The first-order valence-corrected chi connectivity index (χ1v) is 7.00. The number of carbonyl (C=O) groups excluding carboxylic acids is 1. The molecule has 0 heterocycles. The molecule has 4 N–H and O–H groups in total. The Morgan fingerprint density at radius 2 is 1.83 bits per heavy atom. The van der Waals surface area contributed by atoms with Crippen LogP contribution >= 0.6 is 0 Å². The first-order valence-electron chi connectivity index (χ1n) is 5.45. The average molecular weight is 271 g/mol. The molecule has 0 aliphatic heterocycles. The number of nitrogens with one attached hydrogen (secondary N) is 2. The van der Waals surface area contributed by atoms with Crippen LogP contribution in [-0.4, -0.2) is 26.9 Å². The molecular weight excluding hydrogens is 254 g/mol. The number of anilines is 1. The number of hydrogen-bond acceptors (Lipinski definition) is 4. The van der Waals surface area contributed by atoms with Crippen LogP contribution < -0.4 is 15.8 Å². The standard InChI is InChI=1S/C11H17N3O3S/c1-8(2)13-7-11(15)14-9-3-5-10(6-4-9)18(12,16)17/h3-6,8,13H,7H2,1-2H3,(H,14,15)(H2,12,16,17). The van der Waals surface area contributed by atoms with Gasteiger partial charge in [-0.15, -0.1) is 0 Å². The fraction of sp³-hybridized carbons (Fsp3) is 0.364. The summed E-state index contributed by atoms with van der Waals surface area (Å²) in [7, 11) is -3.69. The normalized spacial score (nSPS) is 11.6. The Balaban J connectivity index is 2.62. The number of primary sulfonamides is 1. The third-order valence-electron chi connectivity index (χ3n) is 2.14. The average Bonchev–Trinajstić information content (AvgIpc) is 2.26. The van der Waals surface area contributed by atoms with Crippen LogP contribution in [0.4, 0.5) is 5.69 Å². The summed E-state index contributed by atoms with van der Waals surface area (Å²) in [5, 5.41) is 10.6. The number of nitrogens with two attached hydrogens (primary N) is 1. The Hall–Kier alpha value is -1.44. The van der Waals surface area contributed by atoms with E-state index in [0.717, 1.165) is 0 Å². The zero-order valence-electron chi connectivity index (χ0n) is 10.3. The zero-order valence-corrected chi connectivity index (χ0v) is 11.1. The number of hydrogen-bond donors (Lipinski definition) is 3. The first-order chi connectivity index (χ1) is 8.29. The lowest BCUT2D eigenvalue weighted by Crippen LogP contribution is -2.32. The maximum atomic E-state index is 11.5. The van der Waals surface area contributed by atoms with Gasteiger partial charge in [-0.05, 0) is 24.3 Å². The monoisotopic (exact) mass is 271 g/mol. The summed E-state index contributed by atoms with van der Waals surface area (Å²) in [5.41, 5.74) is 0.526. The Bertz CT molecular complexity index is 509. The number of benzene rings is 1. The van der Waals surface area contributed by atoms with Gasteiger partial charge in [-0.2, -0.15) is 0 Å². The topological polar surface area (TPSA) is 101 Å². The van der Waals surface area contributed by atoms with Gasteiger partial charge >= 0.3 is 0 Å². The van der Waals surface area contributed by atoms with E-state index in [1.165, 1.54) is 24.3 Å². The summed E-state index contributed by atoms with van der Waals surface area (Å²) in [6.45, 7) is 4.08. The van der Waals surface area contributed by atoms with Crippen molar-refractivity contribution in [2.45, 2.75) is 24.8 Å². The molecule has 0 aliphatic carbocycles.